The molecule has 0 aliphatic carbocycles. The van der Waals surface area contributed by atoms with Crippen LogP contribution >= 0.6 is 26.6 Å². The quantitative estimate of drug-likeness (QED) is 0.358. The number of nitrogens with zero attached hydrogens (tertiary/aromatic N) is 6. The van der Waals surface area contributed by atoms with Crippen LogP contribution in [0.4, 0.5) is 0 Å². The number of rotatable bonds is 6. The molecule has 0 aromatic carbocycles. The minimum atomic E-state index is 0. The first-order chi connectivity index (χ1) is 9.38. The van der Waals surface area contributed by atoms with E-state index >= 15 is 0 Å². The fourth-order valence-electron chi connectivity index (χ4n) is 1.39. The van der Waals surface area contributed by atoms with Crippen LogP contribution in [0.2, 0.25) is 0 Å². The van der Waals surface area contributed by atoms with E-state index in [-0.39, 0.29) is 37.2 Å². The van der Waals surface area contributed by atoms with Crippen molar-refractivity contribution in [1.82, 2.24) is 28.0 Å². The molecule has 0 amide bonds. The largest absolute Gasteiger partial charge is 1.00 e. The van der Waals surface area contributed by atoms with Gasteiger partial charge < -0.3 is 37.2 Å². The minimum absolute atomic E-state index is 0. The summed E-state index contributed by atoms with van der Waals surface area (Å²) < 4.78 is 13.3. The maximum Gasteiger partial charge on any atom is 0.125 e. The maximum atomic E-state index is 2.21. The summed E-state index contributed by atoms with van der Waals surface area (Å²) in [6.45, 7) is 0. The molecule has 0 aliphatic heterocycles. The molecule has 0 unspecified atom stereocenters. The van der Waals surface area contributed by atoms with E-state index < -0.39 is 0 Å². The first-order valence-corrected chi connectivity index (χ1v) is 10.0. The Balaban J connectivity index is -0.0000000476. The molecule has 0 radical (unpaired) electrons. The van der Waals surface area contributed by atoms with Gasteiger partial charge in [0.1, 0.15) is 26.6 Å². The summed E-state index contributed by atoms with van der Waals surface area (Å²) in [5, 5.41) is 0. The fourth-order valence-corrected chi connectivity index (χ4v) is 4.16. The molecule has 12 heteroatoms. The van der Waals surface area contributed by atoms with E-state index in [4.69, 9.17) is 0 Å². The van der Waals surface area contributed by atoms with Crippen molar-refractivity contribution in [1.29, 1.82) is 0 Å². The molecule has 24 heavy (non-hydrogen) atoms. The highest BCUT2D eigenvalue weighted by Gasteiger charge is 1.97. The molecule has 0 rings (SSSR count). The van der Waals surface area contributed by atoms with Gasteiger partial charge in [0.05, 0.1) is 0 Å². The van der Waals surface area contributed by atoms with Crippen LogP contribution in [0.1, 0.15) is 0 Å². The second-order valence-corrected chi connectivity index (χ2v) is 13.0. The van der Waals surface area contributed by atoms with Crippen LogP contribution in [0.15, 0.2) is 0 Å². The van der Waals surface area contributed by atoms with Gasteiger partial charge in [-0.2, -0.15) is 28.0 Å². The van der Waals surface area contributed by atoms with Crippen molar-refractivity contribution >= 4 is 26.6 Å². The Hall–Kier alpha value is 1.92. The molecule has 0 N–H and O–H groups in total. The van der Waals surface area contributed by atoms with E-state index in [0.29, 0.717) is 26.6 Å². The van der Waals surface area contributed by atoms with Crippen LogP contribution in [0.25, 0.3) is 0 Å². The second kappa shape index (κ2) is 27.1. The highest BCUT2D eigenvalue weighted by Crippen LogP contribution is 2.14. The average Bonchev–Trinajstić information content (AvgIpc) is 2.10. The van der Waals surface area contributed by atoms with Crippen LogP contribution < -0.4 is 37.2 Å². The highest BCUT2D eigenvalue weighted by molar-refractivity contribution is 7.32. The third kappa shape index (κ3) is 64.9. The fraction of sp³-hybridized carbons (Fsp3) is 1.00. The maximum absolute atomic E-state index is 2.21. The Morgan fingerprint density at radius 3 is 0.375 bits per heavy atom. The second-order valence-electron chi connectivity index (χ2n) is 6.13. The topological polar surface area (TPSA) is 19.4 Å². The highest BCUT2D eigenvalue weighted by atomic mass is 35.5. The molecule has 6 nitrogen and oxygen atoms in total. The summed E-state index contributed by atoms with van der Waals surface area (Å²) in [6, 6.07) is 0. The first-order valence-electron chi connectivity index (χ1n) is 6.92. The summed E-state index contributed by atoms with van der Waals surface area (Å²) in [6.07, 6.45) is 0. The summed E-state index contributed by atoms with van der Waals surface area (Å²) in [7, 11) is 26.2. The zero-order valence-electron chi connectivity index (χ0n) is 17.5. The summed E-state index contributed by atoms with van der Waals surface area (Å²) >= 11 is 0. The van der Waals surface area contributed by atoms with Gasteiger partial charge in [0, 0.05) is 84.6 Å². The molecule has 156 valence electrons. The van der Waals surface area contributed by atoms with Crippen molar-refractivity contribution < 1.29 is 37.2 Å². The van der Waals surface area contributed by atoms with E-state index in [1.807, 2.05) is 0 Å². The molecular weight excluding hydrogens is 427 g/mol. The van der Waals surface area contributed by atoms with Crippen molar-refractivity contribution in [3.05, 3.63) is 0 Å². The van der Waals surface area contributed by atoms with Gasteiger partial charge in [-0.05, 0) is 0 Å². The van der Waals surface area contributed by atoms with E-state index in [0.717, 1.165) is 0 Å². The van der Waals surface area contributed by atoms with Crippen molar-refractivity contribution in [2.24, 2.45) is 0 Å². The lowest BCUT2D eigenvalue weighted by atomic mass is 11.3. The Labute approximate surface area is 176 Å². The van der Waals surface area contributed by atoms with E-state index in [2.05, 4.69) is 113 Å². The molecule has 0 heterocycles. The van der Waals surface area contributed by atoms with Crippen LogP contribution in [0.3, 0.4) is 0 Å². The van der Waals surface area contributed by atoms with Gasteiger partial charge in [0.15, 0.2) is 0 Å². The Morgan fingerprint density at radius 2 is 0.375 bits per heavy atom. The first kappa shape index (κ1) is 40.6. The molecule has 0 aromatic heterocycles. The molecule has 0 aromatic rings. The van der Waals surface area contributed by atoms with Crippen LogP contribution in [0.5, 0.6) is 0 Å². The van der Waals surface area contributed by atoms with Crippen molar-refractivity contribution in [3.63, 3.8) is 0 Å². The number of hydrogen-bond acceptors (Lipinski definition) is 6. The lowest BCUT2D eigenvalue weighted by Crippen LogP contribution is -3.00. The minimum Gasteiger partial charge on any atom is -1.00 e. The summed E-state index contributed by atoms with van der Waals surface area (Å²) in [4.78, 5) is 0. The third-order valence-electron chi connectivity index (χ3n) is 1.39. The molecule has 0 aliphatic rings. The number of halogens is 3. The van der Waals surface area contributed by atoms with Crippen LogP contribution in [-0.2, 0) is 0 Å². The molecule has 0 saturated carbocycles. The Kier molecular flexibility index (Phi) is 45.9. The van der Waals surface area contributed by atoms with Crippen molar-refractivity contribution in [2.45, 2.75) is 0 Å². The molecule has 0 bridgehead atoms. The predicted octanol–water partition coefficient (Wildman–Crippen LogP) is -7.94. The third-order valence-corrected chi connectivity index (χ3v) is 4.16. The lowest BCUT2D eigenvalue weighted by Gasteiger charge is -2.05. The van der Waals surface area contributed by atoms with Crippen LogP contribution in [0, 0.1) is 0 Å². The number of hydrogen-bond donors (Lipinski definition) is 0. The molecule has 0 atom stereocenters. The van der Waals surface area contributed by atoms with Gasteiger partial charge in [-0.1, -0.05) is 0 Å². The average molecular weight is 470 g/mol. The predicted molar refractivity (Wildman–Crippen MR) is 111 cm³/mol. The van der Waals surface area contributed by atoms with Gasteiger partial charge in [0.25, 0.3) is 0 Å². The van der Waals surface area contributed by atoms with Crippen molar-refractivity contribution in [3.8, 4) is 0 Å². The van der Waals surface area contributed by atoms with Gasteiger partial charge in [-0.3, -0.25) is 0 Å². The smallest absolute Gasteiger partial charge is 0.125 e. The van der Waals surface area contributed by atoms with E-state index in [1.165, 1.54) is 0 Å². The van der Waals surface area contributed by atoms with Gasteiger partial charge >= 0.3 is 0 Å². The summed E-state index contributed by atoms with van der Waals surface area (Å²) in [5.41, 5.74) is 0. The Bertz CT molecular complexity index is 163. The standard InChI is InChI=1S/3C4H13N2P.3ClH/c3*1-5(2)7-6(3)4;;;/h3*7H,1-4H3;3*1H. The zero-order chi connectivity index (χ0) is 17.6. The SMILES string of the molecule is CN(C)[PH2+]N(C)C.CN(C)[PH2+]N(C)C.CN(C)[PH2+]N(C)C.[Cl-].[Cl-].[Cl-]. The van der Waals surface area contributed by atoms with Crippen LogP contribution in [-0.4, -0.2) is 113 Å². The zero-order valence-corrected chi connectivity index (χ0v) is 23.3. The van der Waals surface area contributed by atoms with E-state index in [1.54, 1.807) is 0 Å². The molecule has 0 fully saturated rings. The van der Waals surface area contributed by atoms with Gasteiger partial charge in [0.2, 0.25) is 0 Å². The molecule has 0 saturated heterocycles. The Morgan fingerprint density at radius 1 is 0.292 bits per heavy atom. The van der Waals surface area contributed by atoms with Gasteiger partial charge in [-0.25, -0.2) is 0 Å². The molecule has 0 spiro atoms. The van der Waals surface area contributed by atoms with Crippen molar-refractivity contribution in [2.75, 3.05) is 84.6 Å². The molecular formula is C12H42Cl3N6P3. The normalized spacial score (nSPS) is 9.75. The monoisotopic (exact) mass is 468 g/mol. The summed E-state index contributed by atoms with van der Waals surface area (Å²) in [5.74, 6) is 0. The van der Waals surface area contributed by atoms with E-state index in [9.17, 15) is 0 Å². The lowest BCUT2D eigenvalue weighted by molar-refractivity contribution is -0.00100. The van der Waals surface area contributed by atoms with Gasteiger partial charge in [-0.15, -0.1) is 0 Å².